The van der Waals surface area contributed by atoms with Crippen molar-refractivity contribution in [2.45, 2.75) is 12.8 Å². The van der Waals surface area contributed by atoms with Crippen LogP contribution >= 0.6 is 0 Å². The SMILES string of the molecule is N#Cc1ccc(-c2ccc(OC(=O)CCc3ccc4c(c3)OCCO4)cc2)cc1. The molecule has 0 amide bonds. The number of rotatable bonds is 5. The van der Waals surface area contributed by atoms with Gasteiger partial charge in [-0.3, -0.25) is 4.79 Å². The van der Waals surface area contributed by atoms with E-state index in [9.17, 15) is 4.79 Å². The molecule has 1 aliphatic rings. The molecule has 3 aromatic carbocycles. The molecule has 0 aliphatic carbocycles. The molecule has 0 radical (unpaired) electrons. The van der Waals surface area contributed by atoms with Gasteiger partial charge in [0.15, 0.2) is 11.5 Å². The van der Waals surface area contributed by atoms with Crippen molar-refractivity contribution < 1.29 is 19.0 Å². The molecule has 0 saturated heterocycles. The van der Waals surface area contributed by atoms with Gasteiger partial charge in [-0.2, -0.15) is 5.26 Å². The first-order chi connectivity index (χ1) is 14.2. The highest BCUT2D eigenvalue weighted by Crippen LogP contribution is 2.31. The lowest BCUT2D eigenvalue weighted by atomic mass is 10.0. The van der Waals surface area contributed by atoms with Crippen LogP contribution in [0.25, 0.3) is 11.1 Å². The maximum atomic E-state index is 12.2. The van der Waals surface area contributed by atoms with E-state index in [0.717, 1.165) is 28.2 Å². The topological polar surface area (TPSA) is 68.5 Å². The van der Waals surface area contributed by atoms with Crippen LogP contribution in [0.2, 0.25) is 0 Å². The minimum Gasteiger partial charge on any atom is -0.486 e. The van der Waals surface area contributed by atoms with E-state index in [4.69, 9.17) is 19.5 Å². The summed E-state index contributed by atoms with van der Waals surface area (Å²) in [5.74, 6) is 1.69. The molecule has 0 bridgehead atoms. The molecule has 144 valence electrons. The first kappa shape index (κ1) is 18.6. The van der Waals surface area contributed by atoms with Gasteiger partial charge in [-0.25, -0.2) is 0 Å². The Kier molecular flexibility index (Phi) is 5.44. The van der Waals surface area contributed by atoms with Crippen LogP contribution in [0.3, 0.4) is 0 Å². The number of hydrogen-bond acceptors (Lipinski definition) is 5. The first-order valence-corrected chi connectivity index (χ1v) is 9.41. The van der Waals surface area contributed by atoms with Gasteiger partial charge in [0.05, 0.1) is 11.6 Å². The van der Waals surface area contributed by atoms with Gasteiger partial charge in [0.1, 0.15) is 19.0 Å². The molecule has 5 nitrogen and oxygen atoms in total. The summed E-state index contributed by atoms with van der Waals surface area (Å²) in [6.45, 7) is 1.10. The Morgan fingerprint density at radius 2 is 1.55 bits per heavy atom. The third-order valence-corrected chi connectivity index (χ3v) is 4.66. The largest absolute Gasteiger partial charge is 0.486 e. The van der Waals surface area contributed by atoms with Gasteiger partial charge < -0.3 is 14.2 Å². The maximum Gasteiger partial charge on any atom is 0.311 e. The molecule has 0 aromatic heterocycles. The van der Waals surface area contributed by atoms with E-state index in [2.05, 4.69) is 6.07 Å². The van der Waals surface area contributed by atoms with E-state index in [-0.39, 0.29) is 12.4 Å². The lowest BCUT2D eigenvalue weighted by Crippen LogP contribution is -2.15. The predicted octanol–water partition coefficient (Wildman–Crippen LogP) is 4.53. The van der Waals surface area contributed by atoms with Crippen LogP contribution in [0.1, 0.15) is 17.5 Å². The Hall–Kier alpha value is -3.78. The Balaban J connectivity index is 1.33. The number of fused-ring (bicyclic) bond motifs is 1. The minimum atomic E-state index is -0.286. The van der Waals surface area contributed by atoms with Gasteiger partial charge in [0, 0.05) is 6.42 Å². The summed E-state index contributed by atoms with van der Waals surface area (Å²) in [4.78, 5) is 12.2. The molecule has 0 spiro atoms. The van der Waals surface area contributed by atoms with Crippen molar-refractivity contribution in [1.82, 2.24) is 0 Å². The van der Waals surface area contributed by atoms with Crippen LogP contribution in [0.5, 0.6) is 17.2 Å². The van der Waals surface area contributed by atoms with Gasteiger partial charge in [0.2, 0.25) is 0 Å². The molecule has 1 aliphatic heterocycles. The van der Waals surface area contributed by atoms with Gasteiger partial charge in [-0.05, 0) is 59.5 Å². The van der Waals surface area contributed by atoms with E-state index in [1.807, 2.05) is 42.5 Å². The maximum absolute atomic E-state index is 12.2. The summed E-state index contributed by atoms with van der Waals surface area (Å²) in [7, 11) is 0. The smallest absolute Gasteiger partial charge is 0.311 e. The number of benzene rings is 3. The lowest BCUT2D eigenvalue weighted by molar-refractivity contribution is -0.134. The fourth-order valence-corrected chi connectivity index (χ4v) is 3.12. The van der Waals surface area contributed by atoms with E-state index >= 15 is 0 Å². The van der Waals surface area contributed by atoms with E-state index in [1.54, 1.807) is 24.3 Å². The second-order valence-electron chi connectivity index (χ2n) is 6.67. The summed E-state index contributed by atoms with van der Waals surface area (Å²) in [5, 5.41) is 8.88. The van der Waals surface area contributed by atoms with E-state index in [1.165, 1.54) is 0 Å². The Morgan fingerprint density at radius 1 is 0.897 bits per heavy atom. The highest BCUT2D eigenvalue weighted by molar-refractivity contribution is 5.73. The van der Waals surface area contributed by atoms with Crippen molar-refractivity contribution in [1.29, 1.82) is 5.26 Å². The first-order valence-electron chi connectivity index (χ1n) is 9.41. The molecule has 1 heterocycles. The Labute approximate surface area is 169 Å². The quantitative estimate of drug-likeness (QED) is 0.477. The highest BCUT2D eigenvalue weighted by Gasteiger charge is 2.13. The van der Waals surface area contributed by atoms with Gasteiger partial charge in [-0.15, -0.1) is 0 Å². The second kappa shape index (κ2) is 8.49. The van der Waals surface area contributed by atoms with Crippen molar-refractivity contribution in [3.8, 4) is 34.4 Å². The third-order valence-electron chi connectivity index (χ3n) is 4.66. The zero-order valence-electron chi connectivity index (χ0n) is 15.8. The molecule has 5 heteroatoms. The molecular weight excluding hydrogens is 366 g/mol. The number of esters is 1. The second-order valence-corrected chi connectivity index (χ2v) is 6.67. The Bertz CT molecular complexity index is 1050. The number of nitrogens with zero attached hydrogens (tertiary/aromatic N) is 1. The minimum absolute atomic E-state index is 0.275. The molecule has 3 aromatic rings. The van der Waals surface area contributed by atoms with Gasteiger partial charge in [-0.1, -0.05) is 30.3 Å². The molecule has 0 fully saturated rings. The molecule has 0 N–H and O–H groups in total. The van der Waals surface area contributed by atoms with Gasteiger partial charge in [0.25, 0.3) is 0 Å². The number of aryl methyl sites for hydroxylation is 1. The van der Waals surface area contributed by atoms with Crippen LogP contribution in [-0.2, 0) is 11.2 Å². The predicted molar refractivity (Wildman–Crippen MR) is 108 cm³/mol. The van der Waals surface area contributed by atoms with Crippen LogP contribution < -0.4 is 14.2 Å². The van der Waals surface area contributed by atoms with Crippen LogP contribution in [0, 0.1) is 11.3 Å². The zero-order chi connectivity index (χ0) is 20.1. The Morgan fingerprint density at radius 3 is 2.24 bits per heavy atom. The van der Waals surface area contributed by atoms with Crippen molar-refractivity contribution in [2.75, 3.05) is 13.2 Å². The molecule has 0 atom stereocenters. The monoisotopic (exact) mass is 385 g/mol. The van der Waals surface area contributed by atoms with Crippen molar-refractivity contribution in [3.63, 3.8) is 0 Å². The van der Waals surface area contributed by atoms with Crippen LogP contribution in [-0.4, -0.2) is 19.2 Å². The van der Waals surface area contributed by atoms with Crippen LogP contribution in [0.15, 0.2) is 66.7 Å². The highest BCUT2D eigenvalue weighted by atomic mass is 16.6. The molecule has 0 unspecified atom stereocenters. The molecule has 4 rings (SSSR count). The van der Waals surface area contributed by atoms with E-state index < -0.39 is 0 Å². The molecule has 29 heavy (non-hydrogen) atoms. The fraction of sp³-hybridized carbons (Fsp3) is 0.167. The average Bonchev–Trinajstić information content (AvgIpc) is 2.78. The normalized spacial score (nSPS) is 12.1. The number of hydrogen-bond donors (Lipinski definition) is 0. The number of carbonyl (C=O) groups is 1. The zero-order valence-corrected chi connectivity index (χ0v) is 15.8. The van der Waals surface area contributed by atoms with Crippen molar-refractivity contribution in [3.05, 3.63) is 77.9 Å². The van der Waals surface area contributed by atoms with Crippen LogP contribution in [0.4, 0.5) is 0 Å². The summed E-state index contributed by atoms with van der Waals surface area (Å²) in [6, 6.07) is 22.5. The van der Waals surface area contributed by atoms with E-state index in [0.29, 0.717) is 30.9 Å². The number of nitriles is 1. The summed E-state index contributed by atoms with van der Waals surface area (Å²) in [6.07, 6.45) is 0.843. The summed E-state index contributed by atoms with van der Waals surface area (Å²) in [5.41, 5.74) is 3.62. The summed E-state index contributed by atoms with van der Waals surface area (Å²) >= 11 is 0. The average molecular weight is 385 g/mol. The standard InChI is InChI=1S/C24H19NO4/c25-16-18-1-5-19(6-2-18)20-7-9-21(10-8-20)29-24(26)12-4-17-3-11-22-23(15-17)28-14-13-27-22/h1-3,5-11,15H,4,12-14H2. The fourth-order valence-electron chi connectivity index (χ4n) is 3.12. The molecular formula is C24H19NO4. The van der Waals surface area contributed by atoms with Gasteiger partial charge >= 0.3 is 5.97 Å². The number of ether oxygens (including phenoxy) is 3. The lowest BCUT2D eigenvalue weighted by Gasteiger charge is -2.18. The summed E-state index contributed by atoms with van der Waals surface area (Å²) < 4.78 is 16.5. The van der Waals surface area contributed by atoms with Crippen molar-refractivity contribution >= 4 is 5.97 Å². The number of carbonyl (C=O) groups excluding carboxylic acids is 1. The molecule has 0 saturated carbocycles. The third kappa shape index (κ3) is 4.56. The van der Waals surface area contributed by atoms with Crippen molar-refractivity contribution in [2.24, 2.45) is 0 Å².